The Hall–Kier alpha value is -2.18. The van der Waals surface area contributed by atoms with Gasteiger partial charge >= 0.3 is 0 Å². The van der Waals surface area contributed by atoms with Crippen LogP contribution >= 0.6 is 0 Å². The second-order valence-corrected chi connectivity index (χ2v) is 7.69. The Labute approximate surface area is 159 Å². The lowest BCUT2D eigenvalue weighted by atomic mass is 9.79. The Morgan fingerprint density at radius 2 is 2.30 bits per heavy atom. The number of carbonyl (C=O) groups is 1. The molecule has 2 aliphatic rings. The van der Waals surface area contributed by atoms with Gasteiger partial charge < -0.3 is 18.8 Å². The molecule has 1 atom stereocenters. The summed E-state index contributed by atoms with van der Waals surface area (Å²) in [5.41, 5.74) is 1.80. The van der Waals surface area contributed by atoms with Gasteiger partial charge in [-0.1, -0.05) is 6.07 Å². The molecule has 0 saturated carbocycles. The highest BCUT2D eigenvalue weighted by Crippen LogP contribution is 2.38. The highest BCUT2D eigenvalue weighted by molar-refractivity contribution is 5.93. The Bertz CT molecular complexity index is 767. The zero-order chi connectivity index (χ0) is 18.7. The van der Waals surface area contributed by atoms with E-state index in [0.717, 1.165) is 43.6 Å². The van der Waals surface area contributed by atoms with E-state index in [2.05, 4.69) is 4.98 Å². The van der Waals surface area contributed by atoms with Crippen LogP contribution in [0.15, 0.2) is 41.3 Å². The summed E-state index contributed by atoms with van der Waals surface area (Å²) in [4.78, 5) is 18.4. The molecule has 4 rings (SSSR count). The summed E-state index contributed by atoms with van der Waals surface area (Å²) in [5, 5.41) is 0. The average Bonchev–Trinajstić information content (AvgIpc) is 3.10. The van der Waals surface area contributed by atoms with E-state index >= 15 is 0 Å². The average molecular weight is 370 g/mol. The topological polar surface area (TPSA) is 64.8 Å². The molecule has 1 unspecified atom stereocenters. The Balaban J connectivity index is 1.22. The lowest BCUT2D eigenvalue weighted by Crippen LogP contribution is -2.66. The first-order valence-corrected chi connectivity index (χ1v) is 9.59. The third kappa shape index (κ3) is 4.06. The molecule has 0 bridgehead atoms. The molecule has 27 heavy (non-hydrogen) atoms. The number of hydrogen-bond donors (Lipinski definition) is 0. The van der Waals surface area contributed by atoms with E-state index in [1.54, 1.807) is 12.5 Å². The molecular weight excluding hydrogens is 344 g/mol. The smallest absolute Gasteiger partial charge is 0.290 e. The van der Waals surface area contributed by atoms with Gasteiger partial charge in [-0.25, -0.2) is 0 Å². The molecule has 2 saturated heterocycles. The van der Waals surface area contributed by atoms with E-state index in [4.69, 9.17) is 13.9 Å². The van der Waals surface area contributed by atoms with Crippen LogP contribution < -0.4 is 0 Å². The lowest BCUT2D eigenvalue weighted by molar-refractivity contribution is -0.167. The molecule has 2 aliphatic heterocycles. The van der Waals surface area contributed by atoms with Gasteiger partial charge in [-0.2, -0.15) is 0 Å². The number of amides is 1. The third-order valence-corrected chi connectivity index (χ3v) is 5.56. The van der Waals surface area contributed by atoms with Crippen LogP contribution in [0.25, 0.3) is 0 Å². The molecular formula is C21H26N2O4. The van der Waals surface area contributed by atoms with Crippen molar-refractivity contribution in [3.8, 4) is 0 Å². The largest absolute Gasteiger partial charge is 0.459 e. The van der Waals surface area contributed by atoms with Gasteiger partial charge in [0.1, 0.15) is 5.60 Å². The summed E-state index contributed by atoms with van der Waals surface area (Å²) in [6, 6.07) is 5.77. The van der Waals surface area contributed by atoms with Gasteiger partial charge in [-0.15, -0.1) is 0 Å². The van der Waals surface area contributed by atoms with E-state index in [-0.39, 0.29) is 11.5 Å². The number of pyridine rings is 1. The maximum absolute atomic E-state index is 12.5. The van der Waals surface area contributed by atoms with Crippen LogP contribution in [0.5, 0.6) is 0 Å². The van der Waals surface area contributed by atoms with Crippen LogP contribution in [0.4, 0.5) is 0 Å². The number of aromatic nitrogens is 1. The minimum atomic E-state index is -0.178. The summed E-state index contributed by atoms with van der Waals surface area (Å²) in [6.45, 7) is 5.30. The first kappa shape index (κ1) is 18.2. The number of likely N-dealkylation sites (tertiary alicyclic amines) is 1. The second kappa shape index (κ2) is 7.82. The predicted molar refractivity (Wildman–Crippen MR) is 99.3 cm³/mol. The molecule has 0 N–H and O–H groups in total. The van der Waals surface area contributed by atoms with Crippen molar-refractivity contribution in [2.45, 2.75) is 38.4 Å². The standard InChI is InChI=1S/C21H26N2O4/c1-16-4-9-26-19(16)20(24)23-14-21(15-23)11-17(6-10-27-21)5-8-25-13-18-3-2-7-22-12-18/h2-4,7,9,12,17H,5-6,8,10-11,13-15H2,1H3. The molecule has 1 amide bonds. The van der Waals surface area contributed by atoms with Crippen LogP contribution in [0, 0.1) is 12.8 Å². The molecule has 2 aromatic heterocycles. The SMILES string of the molecule is Cc1ccoc1C(=O)N1CC2(CC(CCOCc3cccnc3)CCO2)C1. The molecule has 0 aliphatic carbocycles. The molecule has 2 aromatic rings. The van der Waals surface area contributed by atoms with Crippen molar-refractivity contribution in [1.82, 2.24) is 9.88 Å². The van der Waals surface area contributed by atoms with Crippen molar-refractivity contribution >= 4 is 5.91 Å². The Kier molecular flexibility index (Phi) is 5.27. The fourth-order valence-corrected chi connectivity index (χ4v) is 4.05. The molecule has 1 spiro atoms. The van der Waals surface area contributed by atoms with Gasteiger partial charge in [0, 0.05) is 31.2 Å². The normalized spacial score (nSPS) is 21.2. The first-order chi connectivity index (χ1) is 13.2. The Morgan fingerprint density at radius 3 is 3.04 bits per heavy atom. The van der Waals surface area contributed by atoms with Crippen molar-refractivity contribution in [2.75, 3.05) is 26.3 Å². The summed E-state index contributed by atoms with van der Waals surface area (Å²) in [5.74, 6) is 0.991. The molecule has 0 aromatic carbocycles. The zero-order valence-corrected chi connectivity index (χ0v) is 15.7. The van der Waals surface area contributed by atoms with Gasteiger partial charge in [0.05, 0.1) is 26.0 Å². The van der Waals surface area contributed by atoms with Gasteiger partial charge in [0.2, 0.25) is 0 Å². The maximum Gasteiger partial charge on any atom is 0.290 e. The zero-order valence-electron chi connectivity index (χ0n) is 15.7. The van der Waals surface area contributed by atoms with Gasteiger partial charge in [0.15, 0.2) is 5.76 Å². The van der Waals surface area contributed by atoms with Crippen molar-refractivity contribution < 1.29 is 18.7 Å². The highest BCUT2D eigenvalue weighted by Gasteiger charge is 2.49. The molecule has 6 nitrogen and oxygen atoms in total. The maximum atomic E-state index is 12.5. The van der Waals surface area contributed by atoms with Crippen molar-refractivity contribution in [1.29, 1.82) is 0 Å². The monoisotopic (exact) mass is 370 g/mol. The van der Waals surface area contributed by atoms with E-state index in [9.17, 15) is 4.79 Å². The fourth-order valence-electron chi connectivity index (χ4n) is 4.05. The lowest BCUT2D eigenvalue weighted by Gasteiger charge is -2.53. The van der Waals surface area contributed by atoms with Crippen LogP contribution in [-0.4, -0.2) is 47.7 Å². The van der Waals surface area contributed by atoms with Crippen LogP contribution in [0.3, 0.4) is 0 Å². The number of furan rings is 1. The molecule has 4 heterocycles. The first-order valence-electron chi connectivity index (χ1n) is 9.59. The van der Waals surface area contributed by atoms with Crippen LogP contribution in [0.1, 0.15) is 40.9 Å². The summed E-state index contributed by atoms with van der Waals surface area (Å²) < 4.78 is 17.2. The number of carbonyl (C=O) groups excluding carboxylic acids is 1. The second-order valence-electron chi connectivity index (χ2n) is 7.69. The van der Waals surface area contributed by atoms with E-state index < -0.39 is 0 Å². The quantitative estimate of drug-likeness (QED) is 0.731. The van der Waals surface area contributed by atoms with E-state index in [1.807, 2.05) is 36.2 Å². The summed E-state index contributed by atoms with van der Waals surface area (Å²) in [6.07, 6.45) is 8.25. The van der Waals surface area contributed by atoms with Crippen LogP contribution in [0.2, 0.25) is 0 Å². The third-order valence-electron chi connectivity index (χ3n) is 5.56. The number of aryl methyl sites for hydroxylation is 1. The Morgan fingerprint density at radius 1 is 1.41 bits per heavy atom. The summed E-state index contributed by atoms with van der Waals surface area (Å²) >= 11 is 0. The van der Waals surface area contributed by atoms with E-state index in [1.165, 1.54) is 0 Å². The number of nitrogens with zero attached hydrogens (tertiary/aromatic N) is 2. The molecule has 0 radical (unpaired) electrons. The van der Waals surface area contributed by atoms with Gasteiger partial charge in [-0.3, -0.25) is 9.78 Å². The number of rotatable bonds is 6. The molecule has 6 heteroatoms. The fraction of sp³-hybridized carbons (Fsp3) is 0.524. The minimum Gasteiger partial charge on any atom is -0.459 e. The molecule has 144 valence electrons. The van der Waals surface area contributed by atoms with Crippen LogP contribution in [-0.2, 0) is 16.1 Å². The molecule has 2 fully saturated rings. The number of hydrogen-bond acceptors (Lipinski definition) is 5. The van der Waals surface area contributed by atoms with Gasteiger partial charge in [-0.05, 0) is 49.8 Å². The van der Waals surface area contributed by atoms with Crippen molar-refractivity contribution in [2.24, 2.45) is 5.92 Å². The summed E-state index contributed by atoms with van der Waals surface area (Å²) in [7, 11) is 0. The van der Waals surface area contributed by atoms with Gasteiger partial charge in [0.25, 0.3) is 5.91 Å². The predicted octanol–water partition coefficient (Wildman–Crippen LogP) is 3.21. The van der Waals surface area contributed by atoms with Crippen molar-refractivity contribution in [3.63, 3.8) is 0 Å². The highest BCUT2D eigenvalue weighted by atomic mass is 16.5. The number of ether oxygens (including phenoxy) is 2. The minimum absolute atomic E-state index is 0.0337. The van der Waals surface area contributed by atoms with E-state index in [0.29, 0.717) is 31.4 Å². The van der Waals surface area contributed by atoms with Crippen molar-refractivity contribution in [3.05, 3.63) is 53.7 Å².